The van der Waals surface area contributed by atoms with E-state index in [1.807, 2.05) is 0 Å². The van der Waals surface area contributed by atoms with Crippen molar-refractivity contribution >= 4 is 40.6 Å². The third-order valence-electron chi connectivity index (χ3n) is 3.06. The fourth-order valence-electron chi connectivity index (χ4n) is 1.95. The van der Waals surface area contributed by atoms with Gasteiger partial charge in [-0.25, -0.2) is 0 Å². The first-order valence-electron chi connectivity index (χ1n) is 6.19. The molecule has 104 valence electrons. The maximum Gasteiger partial charge on any atom is 0.265 e. The summed E-state index contributed by atoms with van der Waals surface area (Å²) in [5, 5.41) is 8.01. The molecule has 4 nitrogen and oxygen atoms in total. The van der Waals surface area contributed by atoms with Gasteiger partial charge in [-0.1, -0.05) is 27.7 Å². The lowest BCUT2D eigenvalue weighted by Crippen LogP contribution is -2.22. The zero-order chi connectivity index (χ0) is 14.1. The largest absolute Gasteiger partial charge is 0.347 e. The van der Waals surface area contributed by atoms with Crippen molar-refractivity contribution in [2.24, 2.45) is 0 Å². The zero-order valence-electron chi connectivity index (χ0n) is 10.4. The summed E-state index contributed by atoms with van der Waals surface area (Å²) in [5.74, 6) is 0.271. The number of amides is 1. The molecule has 1 aromatic carbocycles. The normalized spacial score (nSPS) is 14.3. The van der Waals surface area contributed by atoms with Crippen LogP contribution in [0.4, 0.5) is 0 Å². The average molecular weight is 328 g/mol. The van der Waals surface area contributed by atoms with Crippen LogP contribution >= 0.6 is 34.7 Å². The van der Waals surface area contributed by atoms with Crippen molar-refractivity contribution in [1.29, 1.82) is 0 Å². The maximum absolute atomic E-state index is 12.2. The van der Waals surface area contributed by atoms with Crippen LogP contribution in [0.2, 0.25) is 10.0 Å². The molecule has 0 radical (unpaired) electrons. The van der Waals surface area contributed by atoms with E-state index in [9.17, 15) is 4.79 Å². The Hall–Kier alpha value is -1.17. The Bertz CT molecular complexity index is 635. The Balaban J connectivity index is 1.68. The van der Waals surface area contributed by atoms with E-state index < -0.39 is 0 Å². The van der Waals surface area contributed by atoms with Crippen molar-refractivity contribution < 1.29 is 4.79 Å². The lowest BCUT2D eigenvalue weighted by molar-refractivity contribution is 0.0954. The van der Waals surface area contributed by atoms with Gasteiger partial charge >= 0.3 is 0 Å². The third kappa shape index (κ3) is 3.11. The molecule has 7 heteroatoms. The van der Waals surface area contributed by atoms with E-state index in [0.29, 0.717) is 27.4 Å². The summed E-state index contributed by atoms with van der Waals surface area (Å²) < 4.78 is 3.88. The van der Waals surface area contributed by atoms with Crippen LogP contribution in [-0.2, 0) is 6.54 Å². The first-order chi connectivity index (χ1) is 9.63. The first-order valence-corrected chi connectivity index (χ1v) is 7.72. The molecule has 1 N–H and O–H groups in total. The second-order valence-electron chi connectivity index (χ2n) is 4.72. The van der Waals surface area contributed by atoms with Crippen LogP contribution in [-0.4, -0.2) is 15.5 Å². The van der Waals surface area contributed by atoms with Gasteiger partial charge in [0.05, 0.1) is 5.69 Å². The van der Waals surface area contributed by atoms with Gasteiger partial charge in [-0.3, -0.25) is 4.79 Å². The molecule has 1 aliphatic rings. The highest BCUT2D eigenvalue weighted by atomic mass is 35.5. The molecule has 0 atom stereocenters. The molecule has 20 heavy (non-hydrogen) atoms. The monoisotopic (exact) mass is 327 g/mol. The molecule has 0 aliphatic heterocycles. The molecule has 0 spiro atoms. The van der Waals surface area contributed by atoms with E-state index >= 15 is 0 Å². The molecule has 1 heterocycles. The summed E-state index contributed by atoms with van der Waals surface area (Å²) in [6.45, 7) is 0.376. The Morgan fingerprint density at radius 1 is 1.30 bits per heavy atom. The Labute approximate surface area is 130 Å². The van der Waals surface area contributed by atoms with Crippen molar-refractivity contribution in [3.63, 3.8) is 0 Å². The van der Waals surface area contributed by atoms with Crippen LogP contribution in [0, 0.1) is 0 Å². The quantitative estimate of drug-likeness (QED) is 0.932. The number of benzene rings is 1. The molecular weight excluding hydrogens is 317 g/mol. The number of carbonyl (C=O) groups is 1. The highest BCUT2D eigenvalue weighted by Crippen LogP contribution is 2.41. The predicted octanol–water partition coefficient (Wildman–Crippen LogP) is 3.65. The Morgan fingerprint density at radius 2 is 2.00 bits per heavy atom. The predicted molar refractivity (Wildman–Crippen MR) is 79.5 cm³/mol. The van der Waals surface area contributed by atoms with Gasteiger partial charge in [0.25, 0.3) is 5.91 Å². The summed E-state index contributed by atoms with van der Waals surface area (Å²) in [6, 6.07) is 5.22. The van der Waals surface area contributed by atoms with Gasteiger partial charge < -0.3 is 5.32 Å². The SMILES string of the molecule is O=C(NCc1cc(Cl)cc(Cl)c1)c1snnc1C1CC1. The van der Waals surface area contributed by atoms with Gasteiger partial charge in [0.2, 0.25) is 0 Å². The number of nitrogens with one attached hydrogen (secondary N) is 1. The van der Waals surface area contributed by atoms with Crippen LogP contribution < -0.4 is 5.32 Å². The molecule has 0 bridgehead atoms. The molecule has 3 rings (SSSR count). The van der Waals surface area contributed by atoms with Crippen molar-refractivity contribution in [2.45, 2.75) is 25.3 Å². The van der Waals surface area contributed by atoms with Crippen molar-refractivity contribution in [3.8, 4) is 0 Å². The molecule has 0 saturated heterocycles. The van der Waals surface area contributed by atoms with Crippen LogP contribution in [0.25, 0.3) is 0 Å². The van der Waals surface area contributed by atoms with E-state index in [2.05, 4.69) is 14.9 Å². The number of halogens is 2. The van der Waals surface area contributed by atoms with Crippen LogP contribution in [0.3, 0.4) is 0 Å². The van der Waals surface area contributed by atoms with E-state index in [1.54, 1.807) is 18.2 Å². The lowest BCUT2D eigenvalue weighted by Gasteiger charge is -2.05. The maximum atomic E-state index is 12.2. The van der Waals surface area contributed by atoms with Gasteiger partial charge in [-0.2, -0.15) is 0 Å². The van der Waals surface area contributed by atoms with Crippen LogP contribution in [0.5, 0.6) is 0 Å². The highest BCUT2D eigenvalue weighted by Gasteiger charge is 2.31. The molecule has 1 saturated carbocycles. The summed E-state index contributed by atoms with van der Waals surface area (Å²) >= 11 is 13.0. The summed E-state index contributed by atoms with van der Waals surface area (Å²) in [5.41, 5.74) is 1.69. The van der Waals surface area contributed by atoms with Gasteiger partial charge in [0.1, 0.15) is 4.88 Å². The van der Waals surface area contributed by atoms with Gasteiger partial charge in [0.15, 0.2) is 0 Å². The zero-order valence-corrected chi connectivity index (χ0v) is 12.7. The molecular formula is C13H11Cl2N3OS. The topological polar surface area (TPSA) is 54.9 Å². The summed E-state index contributed by atoms with van der Waals surface area (Å²) in [4.78, 5) is 12.8. The second-order valence-corrected chi connectivity index (χ2v) is 6.35. The average Bonchev–Trinajstić information content (AvgIpc) is 3.12. The van der Waals surface area contributed by atoms with E-state index in [-0.39, 0.29) is 5.91 Å². The molecule has 1 aromatic heterocycles. The van der Waals surface area contributed by atoms with Gasteiger partial charge in [-0.15, -0.1) is 5.10 Å². The minimum absolute atomic E-state index is 0.141. The molecule has 1 fully saturated rings. The van der Waals surface area contributed by atoms with Crippen LogP contribution in [0.15, 0.2) is 18.2 Å². The van der Waals surface area contributed by atoms with E-state index in [1.165, 1.54) is 0 Å². The number of carbonyl (C=O) groups excluding carboxylic acids is 1. The number of aromatic nitrogens is 2. The van der Waals surface area contributed by atoms with Gasteiger partial charge in [-0.05, 0) is 48.1 Å². The second kappa shape index (κ2) is 5.68. The molecule has 1 aliphatic carbocycles. The molecule has 1 amide bonds. The molecule has 2 aromatic rings. The summed E-state index contributed by atoms with van der Waals surface area (Å²) in [6.07, 6.45) is 2.19. The fourth-order valence-corrected chi connectivity index (χ4v) is 3.19. The number of hydrogen-bond donors (Lipinski definition) is 1. The fraction of sp³-hybridized carbons (Fsp3) is 0.308. The van der Waals surface area contributed by atoms with E-state index in [4.69, 9.17) is 23.2 Å². The van der Waals surface area contributed by atoms with Crippen LogP contribution in [0.1, 0.15) is 39.7 Å². The van der Waals surface area contributed by atoms with Gasteiger partial charge in [0, 0.05) is 22.5 Å². The first kappa shape index (κ1) is 13.8. The number of rotatable bonds is 4. The van der Waals surface area contributed by atoms with E-state index in [0.717, 1.165) is 35.6 Å². The van der Waals surface area contributed by atoms with Crippen molar-refractivity contribution in [2.75, 3.05) is 0 Å². The Morgan fingerprint density at radius 3 is 2.65 bits per heavy atom. The van der Waals surface area contributed by atoms with Crippen molar-refractivity contribution in [1.82, 2.24) is 14.9 Å². The number of hydrogen-bond acceptors (Lipinski definition) is 4. The van der Waals surface area contributed by atoms with Crippen molar-refractivity contribution in [3.05, 3.63) is 44.4 Å². The summed E-state index contributed by atoms with van der Waals surface area (Å²) in [7, 11) is 0. The molecule has 0 unspecified atom stereocenters. The third-order valence-corrected chi connectivity index (χ3v) is 4.24. The Kier molecular flexibility index (Phi) is 3.92. The lowest BCUT2D eigenvalue weighted by atomic mass is 10.2. The highest BCUT2D eigenvalue weighted by molar-refractivity contribution is 7.08. The number of nitrogens with zero attached hydrogens (tertiary/aromatic N) is 2. The minimum Gasteiger partial charge on any atom is -0.347 e. The minimum atomic E-state index is -0.141. The smallest absolute Gasteiger partial charge is 0.265 e. The standard InChI is InChI=1S/C13H11Cl2N3OS/c14-9-3-7(4-10(15)5-9)6-16-13(19)12-11(8-1-2-8)17-18-20-12/h3-5,8H,1-2,6H2,(H,16,19).